The third-order valence-electron chi connectivity index (χ3n) is 5.26. The van der Waals surface area contributed by atoms with Gasteiger partial charge in [-0.3, -0.25) is 4.79 Å². The fourth-order valence-corrected chi connectivity index (χ4v) is 3.36. The summed E-state index contributed by atoms with van der Waals surface area (Å²) in [6, 6.07) is 13.7. The van der Waals surface area contributed by atoms with Gasteiger partial charge in [0, 0.05) is 30.9 Å². The quantitative estimate of drug-likeness (QED) is 0.893. The molecule has 0 radical (unpaired) electrons. The summed E-state index contributed by atoms with van der Waals surface area (Å²) in [5.41, 5.74) is 2.22. The zero-order valence-corrected chi connectivity index (χ0v) is 15.3. The SMILES string of the molecule is CN(C)C1(CNC(=O)c2ccc(-c3cccc(F)c3)cc2)CCOCC1. The topological polar surface area (TPSA) is 41.6 Å². The van der Waals surface area contributed by atoms with Gasteiger partial charge < -0.3 is 15.0 Å². The standard InChI is InChI=1S/C21H25FN2O2/c1-24(2)21(10-12-26-13-11-21)15-23-20(25)17-8-6-16(7-9-17)18-4-3-5-19(22)14-18/h3-9,14H,10-13,15H2,1-2H3,(H,23,25). The Kier molecular flexibility index (Phi) is 5.69. The van der Waals surface area contributed by atoms with E-state index in [1.807, 2.05) is 32.3 Å². The predicted octanol–water partition coefficient (Wildman–Crippen LogP) is 3.33. The van der Waals surface area contributed by atoms with E-state index in [9.17, 15) is 9.18 Å². The summed E-state index contributed by atoms with van der Waals surface area (Å²) < 4.78 is 18.8. The first kappa shape index (κ1) is 18.5. The van der Waals surface area contributed by atoms with Crippen molar-refractivity contribution in [1.29, 1.82) is 0 Å². The molecule has 0 aliphatic carbocycles. The zero-order valence-electron chi connectivity index (χ0n) is 15.3. The highest BCUT2D eigenvalue weighted by molar-refractivity contribution is 5.94. The van der Waals surface area contributed by atoms with Crippen molar-refractivity contribution in [2.24, 2.45) is 0 Å². The van der Waals surface area contributed by atoms with Crippen molar-refractivity contribution in [2.75, 3.05) is 33.9 Å². The van der Waals surface area contributed by atoms with Gasteiger partial charge in [0.25, 0.3) is 5.91 Å². The van der Waals surface area contributed by atoms with E-state index in [1.165, 1.54) is 12.1 Å². The van der Waals surface area contributed by atoms with Crippen LogP contribution in [0.3, 0.4) is 0 Å². The highest BCUT2D eigenvalue weighted by Crippen LogP contribution is 2.25. The number of likely N-dealkylation sites (N-methyl/N-ethyl adjacent to an activating group) is 1. The molecule has 1 saturated heterocycles. The van der Waals surface area contributed by atoms with Gasteiger partial charge in [0.1, 0.15) is 5.82 Å². The van der Waals surface area contributed by atoms with Crippen LogP contribution in [0.4, 0.5) is 4.39 Å². The molecule has 5 heteroatoms. The third kappa shape index (κ3) is 4.11. The van der Waals surface area contributed by atoms with Gasteiger partial charge in [0.2, 0.25) is 0 Å². The van der Waals surface area contributed by atoms with Crippen molar-refractivity contribution in [3.63, 3.8) is 0 Å². The molecule has 1 amide bonds. The summed E-state index contributed by atoms with van der Waals surface area (Å²) in [5, 5.41) is 3.06. The summed E-state index contributed by atoms with van der Waals surface area (Å²) in [5.74, 6) is -0.363. The van der Waals surface area contributed by atoms with Crippen LogP contribution in [0.5, 0.6) is 0 Å². The molecule has 138 valence electrons. The Morgan fingerprint density at radius 3 is 2.42 bits per heavy atom. The Morgan fingerprint density at radius 1 is 1.12 bits per heavy atom. The smallest absolute Gasteiger partial charge is 0.251 e. The Balaban J connectivity index is 1.66. The zero-order chi connectivity index (χ0) is 18.6. The fourth-order valence-electron chi connectivity index (χ4n) is 3.36. The molecule has 1 N–H and O–H groups in total. The van der Waals surface area contributed by atoms with Crippen molar-refractivity contribution in [3.8, 4) is 11.1 Å². The first-order valence-electron chi connectivity index (χ1n) is 8.90. The van der Waals surface area contributed by atoms with E-state index in [2.05, 4.69) is 10.2 Å². The molecule has 0 saturated carbocycles. The van der Waals surface area contributed by atoms with E-state index in [1.54, 1.807) is 18.2 Å². The Hall–Kier alpha value is -2.24. The number of hydrogen-bond donors (Lipinski definition) is 1. The molecule has 1 heterocycles. The second-order valence-corrected chi connectivity index (χ2v) is 7.00. The maximum Gasteiger partial charge on any atom is 0.251 e. The molecule has 0 spiro atoms. The van der Waals surface area contributed by atoms with Crippen molar-refractivity contribution in [2.45, 2.75) is 18.4 Å². The van der Waals surface area contributed by atoms with E-state index in [0.29, 0.717) is 12.1 Å². The number of carbonyl (C=O) groups excluding carboxylic acids is 1. The molecule has 2 aromatic carbocycles. The van der Waals surface area contributed by atoms with Gasteiger partial charge in [-0.05, 0) is 62.3 Å². The molecule has 1 aliphatic heterocycles. The number of amides is 1. The normalized spacial score (nSPS) is 16.5. The number of ether oxygens (including phenoxy) is 1. The second-order valence-electron chi connectivity index (χ2n) is 7.00. The third-order valence-corrected chi connectivity index (χ3v) is 5.26. The van der Waals surface area contributed by atoms with Gasteiger partial charge in [-0.25, -0.2) is 4.39 Å². The lowest BCUT2D eigenvalue weighted by Crippen LogP contribution is -2.55. The predicted molar refractivity (Wildman–Crippen MR) is 101 cm³/mol. The molecule has 4 nitrogen and oxygen atoms in total. The second kappa shape index (κ2) is 7.98. The summed E-state index contributed by atoms with van der Waals surface area (Å²) in [6.45, 7) is 2.03. The first-order valence-corrected chi connectivity index (χ1v) is 8.90. The Bertz CT molecular complexity index is 753. The molecule has 26 heavy (non-hydrogen) atoms. The van der Waals surface area contributed by atoms with Gasteiger partial charge in [0.05, 0.1) is 0 Å². The largest absolute Gasteiger partial charge is 0.381 e. The number of nitrogens with zero attached hydrogens (tertiary/aromatic N) is 1. The summed E-state index contributed by atoms with van der Waals surface area (Å²) >= 11 is 0. The summed E-state index contributed by atoms with van der Waals surface area (Å²) in [7, 11) is 4.09. The van der Waals surface area contributed by atoms with E-state index < -0.39 is 0 Å². The van der Waals surface area contributed by atoms with Crippen LogP contribution in [0.1, 0.15) is 23.2 Å². The lowest BCUT2D eigenvalue weighted by atomic mass is 9.88. The maximum absolute atomic E-state index is 13.4. The molecule has 0 aromatic heterocycles. The van der Waals surface area contributed by atoms with Crippen molar-refractivity contribution < 1.29 is 13.9 Å². The Labute approximate surface area is 154 Å². The van der Waals surface area contributed by atoms with Crippen LogP contribution in [-0.2, 0) is 4.74 Å². The molecule has 3 rings (SSSR count). The van der Waals surface area contributed by atoms with Crippen molar-refractivity contribution in [1.82, 2.24) is 10.2 Å². The van der Waals surface area contributed by atoms with Crippen LogP contribution in [-0.4, -0.2) is 50.2 Å². The van der Waals surface area contributed by atoms with Crippen LogP contribution in [0.2, 0.25) is 0 Å². The molecule has 0 unspecified atom stereocenters. The average Bonchev–Trinajstić information content (AvgIpc) is 2.67. The van der Waals surface area contributed by atoms with E-state index >= 15 is 0 Å². The fraction of sp³-hybridized carbons (Fsp3) is 0.381. The Morgan fingerprint density at radius 2 is 1.81 bits per heavy atom. The first-order chi connectivity index (χ1) is 12.5. The molecule has 2 aromatic rings. The van der Waals surface area contributed by atoms with E-state index in [4.69, 9.17) is 4.74 Å². The van der Waals surface area contributed by atoms with Gasteiger partial charge in [0.15, 0.2) is 0 Å². The highest BCUT2D eigenvalue weighted by Gasteiger charge is 2.35. The van der Waals surface area contributed by atoms with Crippen LogP contribution < -0.4 is 5.32 Å². The molecule has 1 aliphatic rings. The van der Waals surface area contributed by atoms with Crippen LogP contribution in [0.15, 0.2) is 48.5 Å². The average molecular weight is 356 g/mol. The molecular formula is C21H25FN2O2. The van der Waals surface area contributed by atoms with Crippen LogP contribution in [0.25, 0.3) is 11.1 Å². The van der Waals surface area contributed by atoms with Gasteiger partial charge in [-0.15, -0.1) is 0 Å². The minimum atomic E-state index is -0.269. The summed E-state index contributed by atoms with van der Waals surface area (Å²) in [6.07, 6.45) is 1.80. The summed E-state index contributed by atoms with van der Waals surface area (Å²) in [4.78, 5) is 14.7. The lowest BCUT2D eigenvalue weighted by Gasteiger charge is -2.42. The molecule has 1 fully saturated rings. The molecular weight excluding hydrogens is 331 g/mol. The number of nitrogens with one attached hydrogen (secondary N) is 1. The van der Waals surface area contributed by atoms with Gasteiger partial charge in [-0.1, -0.05) is 24.3 Å². The number of halogens is 1. The minimum Gasteiger partial charge on any atom is -0.381 e. The number of benzene rings is 2. The monoisotopic (exact) mass is 356 g/mol. The number of carbonyl (C=O) groups is 1. The maximum atomic E-state index is 13.4. The van der Waals surface area contributed by atoms with Gasteiger partial charge in [-0.2, -0.15) is 0 Å². The highest BCUT2D eigenvalue weighted by atomic mass is 19.1. The molecule has 0 bridgehead atoms. The van der Waals surface area contributed by atoms with E-state index in [0.717, 1.165) is 37.2 Å². The van der Waals surface area contributed by atoms with Crippen LogP contribution >= 0.6 is 0 Å². The number of hydrogen-bond acceptors (Lipinski definition) is 3. The lowest BCUT2D eigenvalue weighted by molar-refractivity contribution is -0.00657. The van der Waals surface area contributed by atoms with Crippen LogP contribution in [0, 0.1) is 5.82 Å². The molecule has 0 atom stereocenters. The van der Waals surface area contributed by atoms with E-state index in [-0.39, 0.29) is 17.3 Å². The van der Waals surface area contributed by atoms with Crippen molar-refractivity contribution >= 4 is 5.91 Å². The van der Waals surface area contributed by atoms with Gasteiger partial charge >= 0.3 is 0 Å². The minimum absolute atomic E-state index is 0.0601. The number of rotatable bonds is 5. The van der Waals surface area contributed by atoms with Crippen molar-refractivity contribution in [3.05, 3.63) is 59.9 Å².